The molecule has 116 valence electrons. The van der Waals surface area contributed by atoms with Crippen LogP contribution in [0.15, 0.2) is 30.3 Å². The van der Waals surface area contributed by atoms with Crippen LogP contribution in [0.4, 0.5) is 0 Å². The van der Waals surface area contributed by atoms with Gasteiger partial charge in [-0.05, 0) is 38.2 Å². The van der Waals surface area contributed by atoms with Crippen molar-refractivity contribution in [2.75, 3.05) is 19.6 Å². The lowest BCUT2D eigenvalue weighted by Gasteiger charge is -2.52. The molecule has 2 fully saturated rings. The number of benzene rings is 1. The van der Waals surface area contributed by atoms with E-state index in [2.05, 4.69) is 54.4 Å². The molecule has 1 spiro atoms. The van der Waals surface area contributed by atoms with E-state index < -0.39 is 0 Å². The summed E-state index contributed by atoms with van der Waals surface area (Å²) in [7, 11) is 0. The lowest BCUT2D eigenvalue weighted by molar-refractivity contribution is 0.0128. The Balaban J connectivity index is 1.71. The van der Waals surface area contributed by atoms with E-state index in [1.54, 1.807) is 0 Å². The van der Waals surface area contributed by atoms with Gasteiger partial charge in [0.2, 0.25) is 0 Å². The summed E-state index contributed by atoms with van der Waals surface area (Å²) in [5.41, 5.74) is 2.22. The minimum atomic E-state index is 0.296. The maximum atomic E-state index is 3.86. The monoisotopic (exact) mass is 286 g/mol. The molecule has 0 radical (unpaired) electrons. The van der Waals surface area contributed by atoms with Gasteiger partial charge < -0.3 is 5.32 Å². The molecule has 21 heavy (non-hydrogen) atoms. The first-order valence-corrected chi connectivity index (χ1v) is 8.70. The molecule has 1 aliphatic carbocycles. The minimum absolute atomic E-state index is 0.296. The van der Waals surface area contributed by atoms with Crippen molar-refractivity contribution >= 4 is 0 Å². The van der Waals surface area contributed by atoms with Crippen molar-refractivity contribution in [1.82, 2.24) is 10.2 Å². The third kappa shape index (κ3) is 3.17. The fourth-order valence-corrected chi connectivity index (χ4v) is 4.12. The van der Waals surface area contributed by atoms with Crippen LogP contribution in [0.5, 0.6) is 0 Å². The number of hydrogen-bond acceptors (Lipinski definition) is 2. The van der Waals surface area contributed by atoms with E-state index in [-0.39, 0.29) is 0 Å². The maximum absolute atomic E-state index is 3.86. The van der Waals surface area contributed by atoms with Gasteiger partial charge in [-0.1, -0.05) is 50.1 Å². The highest BCUT2D eigenvalue weighted by Crippen LogP contribution is 2.39. The summed E-state index contributed by atoms with van der Waals surface area (Å²) >= 11 is 0. The summed E-state index contributed by atoms with van der Waals surface area (Å²) in [6, 6.07) is 11.0. The van der Waals surface area contributed by atoms with E-state index in [4.69, 9.17) is 0 Å². The molecule has 1 N–H and O–H groups in total. The van der Waals surface area contributed by atoms with Crippen molar-refractivity contribution in [2.24, 2.45) is 0 Å². The largest absolute Gasteiger partial charge is 0.308 e. The molecule has 0 amide bonds. The summed E-state index contributed by atoms with van der Waals surface area (Å²) in [5.74, 6) is 0. The SMILES string of the molecule is CCC1(C)CN(CCc2ccccc2)C2(CCCC2)CN1. The van der Waals surface area contributed by atoms with Crippen molar-refractivity contribution < 1.29 is 0 Å². The first-order valence-electron chi connectivity index (χ1n) is 8.70. The second-order valence-electron chi connectivity index (χ2n) is 7.36. The highest BCUT2D eigenvalue weighted by molar-refractivity contribution is 5.15. The van der Waals surface area contributed by atoms with E-state index in [9.17, 15) is 0 Å². The predicted molar refractivity (Wildman–Crippen MR) is 89.6 cm³/mol. The molecule has 1 saturated heterocycles. The normalized spacial score (nSPS) is 29.0. The lowest BCUT2D eigenvalue weighted by atomic mass is 9.84. The van der Waals surface area contributed by atoms with Crippen molar-refractivity contribution in [3.8, 4) is 0 Å². The maximum Gasteiger partial charge on any atom is 0.0335 e. The number of rotatable bonds is 4. The van der Waals surface area contributed by atoms with Crippen molar-refractivity contribution in [2.45, 2.75) is 63.5 Å². The average Bonchev–Trinajstić information content (AvgIpc) is 3.00. The van der Waals surface area contributed by atoms with Crippen LogP contribution < -0.4 is 5.32 Å². The van der Waals surface area contributed by atoms with Gasteiger partial charge in [0.05, 0.1) is 0 Å². The lowest BCUT2D eigenvalue weighted by Crippen LogP contribution is -2.68. The Morgan fingerprint density at radius 1 is 1.14 bits per heavy atom. The molecular formula is C19H30N2. The van der Waals surface area contributed by atoms with Crippen molar-refractivity contribution in [1.29, 1.82) is 0 Å². The molecule has 1 aliphatic heterocycles. The van der Waals surface area contributed by atoms with E-state index in [1.807, 2.05) is 0 Å². The molecule has 0 aromatic heterocycles. The highest BCUT2D eigenvalue weighted by atomic mass is 15.3. The zero-order valence-corrected chi connectivity index (χ0v) is 13.7. The second-order valence-corrected chi connectivity index (χ2v) is 7.36. The van der Waals surface area contributed by atoms with Gasteiger partial charge in [-0.25, -0.2) is 0 Å². The van der Waals surface area contributed by atoms with Crippen LogP contribution in [0.3, 0.4) is 0 Å². The van der Waals surface area contributed by atoms with E-state index >= 15 is 0 Å². The quantitative estimate of drug-likeness (QED) is 0.909. The Hall–Kier alpha value is -0.860. The van der Waals surface area contributed by atoms with Crippen molar-refractivity contribution in [3.05, 3.63) is 35.9 Å². The van der Waals surface area contributed by atoms with Crippen LogP contribution in [0, 0.1) is 0 Å². The van der Waals surface area contributed by atoms with Gasteiger partial charge in [-0.3, -0.25) is 4.90 Å². The van der Waals surface area contributed by atoms with E-state index in [0.29, 0.717) is 11.1 Å². The molecule has 1 saturated carbocycles. The fraction of sp³-hybridized carbons (Fsp3) is 0.684. The van der Waals surface area contributed by atoms with Crippen LogP contribution >= 0.6 is 0 Å². The second kappa shape index (κ2) is 6.10. The van der Waals surface area contributed by atoms with E-state index in [0.717, 1.165) is 0 Å². The molecule has 3 rings (SSSR count). The van der Waals surface area contributed by atoms with Crippen LogP contribution in [0.1, 0.15) is 51.5 Å². The van der Waals surface area contributed by atoms with Gasteiger partial charge in [0.25, 0.3) is 0 Å². The third-order valence-corrected chi connectivity index (χ3v) is 5.88. The Kier molecular flexibility index (Phi) is 4.37. The summed E-state index contributed by atoms with van der Waals surface area (Å²) in [6.45, 7) is 8.31. The number of hydrogen-bond donors (Lipinski definition) is 1. The van der Waals surface area contributed by atoms with Gasteiger partial charge in [-0.2, -0.15) is 0 Å². The Labute approximate surface area is 129 Å². The highest BCUT2D eigenvalue weighted by Gasteiger charge is 2.45. The van der Waals surface area contributed by atoms with E-state index in [1.165, 1.54) is 63.7 Å². The van der Waals surface area contributed by atoms with Gasteiger partial charge in [0.15, 0.2) is 0 Å². The number of nitrogens with one attached hydrogen (secondary N) is 1. The standard InChI is InChI=1S/C19H30N2/c1-3-18(2)16-21(14-11-17-9-5-4-6-10-17)19(15-20-18)12-7-8-13-19/h4-6,9-10,20H,3,7-8,11-16H2,1-2H3. The minimum Gasteiger partial charge on any atom is -0.308 e. The summed E-state index contributed by atoms with van der Waals surface area (Å²) < 4.78 is 0. The van der Waals surface area contributed by atoms with Gasteiger partial charge in [0, 0.05) is 30.7 Å². The molecule has 1 heterocycles. The summed E-state index contributed by atoms with van der Waals surface area (Å²) in [5, 5.41) is 3.86. The molecule has 2 nitrogen and oxygen atoms in total. The van der Waals surface area contributed by atoms with Crippen LogP contribution in [-0.2, 0) is 6.42 Å². The molecule has 2 aliphatic rings. The van der Waals surface area contributed by atoms with Crippen molar-refractivity contribution in [3.63, 3.8) is 0 Å². The summed E-state index contributed by atoms with van der Waals surface area (Å²) in [6.07, 6.45) is 7.98. The fourth-order valence-electron chi connectivity index (χ4n) is 4.12. The Morgan fingerprint density at radius 2 is 1.86 bits per heavy atom. The zero-order chi connectivity index (χ0) is 14.8. The predicted octanol–water partition coefficient (Wildman–Crippen LogP) is 3.62. The van der Waals surface area contributed by atoms with Crippen LogP contribution in [-0.4, -0.2) is 35.6 Å². The number of nitrogens with zero attached hydrogens (tertiary/aromatic N) is 1. The molecule has 1 aromatic carbocycles. The zero-order valence-electron chi connectivity index (χ0n) is 13.7. The van der Waals surface area contributed by atoms with Crippen LogP contribution in [0.25, 0.3) is 0 Å². The topological polar surface area (TPSA) is 15.3 Å². The smallest absolute Gasteiger partial charge is 0.0335 e. The third-order valence-electron chi connectivity index (χ3n) is 5.88. The molecular weight excluding hydrogens is 256 g/mol. The Bertz CT molecular complexity index is 450. The number of piperazine rings is 1. The van der Waals surface area contributed by atoms with Gasteiger partial charge >= 0.3 is 0 Å². The average molecular weight is 286 g/mol. The molecule has 1 unspecified atom stereocenters. The van der Waals surface area contributed by atoms with Crippen LogP contribution in [0.2, 0.25) is 0 Å². The summed E-state index contributed by atoms with van der Waals surface area (Å²) in [4.78, 5) is 2.83. The van der Waals surface area contributed by atoms with Gasteiger partial charge in [-0.15, -0.1) is 0 Å². The molecule has 2 heteroatoms. The Morgan fingerprint density at radius 3 is 2.52 bits per heavy atom. The molecule has 0 bridgehead atoms. The van der Waals surface area contributed by atoms with Gasteiger partial charge in [0.1, 0.15) is 0 Å². The molecule has 1 aromatic rings. The first-order chi connectivity index (χ1) is 10.2. The molecule has 1 atom stereocenters. The first kappa shape index (κ1) is 15.1.